The largest absolute Gasteiger partial charge is 0.355 e. The summed E-state index contributed by atoms with van der Waals surface area (Å²) in [6.45, 7) is 1.99. The number of aryl methyl sites for hydroxylation is 1. The van der Waals surface area contributed by atoms with Gasteiger partial charge in [0.2, 0.25) is 0 Å². The van der Waals surface area contributed by atoms with Gasteiger partial charge in [-0.15, -0.1) is 0 Å². The van der Waals surface area contributed by atoms with E-state index in [1.165, 1.54) is 5.56 Å². The summed E-state index contributed by atoms with van der Waals surface area (Å²) in [6, 6.07) is 19.1. The fourth-order valence-electron chi connectivity index (χ4n) is 2.53. The normalized spacial score (nSPS) is 11.9. The number of carbonyl (C=O) groups excluding carboxylic acids is 1. The Morgan fingerprint density at radius 3 is 2.60 bits per heavy atom. The molecule has 1 amide bonds. The average molecular weight is 355 g/mol. The zero-order chi connectivity index (χ0) is 17.6. The molecule has 0 aliphatic carbocycles. The maximum absolute atomic E-state index is 12.3. The Bertz CT molecular complexity index is 828. The first-order valence-electron chi connectivity index (χ1n) is 8.19. The Morgan fingerprint density at radius 2 is 1.88 bits per heavy atom. The molecule has 0 bridgehead atoms. The molecule has 1 aromatic heterocycles. The van der Waals surface area contributed by atoms with E-state index in [0.717, 1.165) is 18.4 Å². The zero-order valence-corrected chi connectivity index (χ0v) is 14.7. The molecule has 3 aromatic rings. The summed E-state index contributed by atoms with van der Waals surface area (Å²) >= 11 is 5.88. The van der Waals surface area contributed by atoms with Crippen LogP contribution in [0, 0.1) is 0 Å². The van der Waals surface area contributed by atoms with E-state index < -0.39 is 0 Å². The Morgan fingerprint density at radius 1 is 1.16 bits per heavy atom. The van der Waals surface area contributed by atoms with Gasteiger partial charge in [0.05, 0.1) is 0 Å². The summed E-state index contributed by atoms with van der Waals surface area (Å²) in [5, 5.41) is 7.47. The van der Waals surface area contributed by atoms with Crippen LogP contribution in [0.3, 0.4) is 0 Å². The first-order valence-corrected chi connectivity index (χ1v) is 8.57. The summed E-state index contributed by atoms with van der Waals surface area (Å²) < 4.78 is 5.27. The second-order valence-electron chi connectivity index (χ2n) is 5.98. The van der Waals surface area contributed by atoms with E-state index in [2.05, 4.69) is 22.6 Å². The Kier molecular flexibility index (Phi) is 5.51. The van der Waals surface area contributed by atoms with E-state index in [1.807, 2.05) is 37.3 Å². The van der Waals surface area contributed by atoms with Crippen LogP contribution >= 0.6 is 11.6 Å². The lowest BCUT2D eigenvalue weighted by atomic mass is 10.1. The Hall–Kier alpha value is -2.59. The van der Waals surface area contributed by atoms with E-state index in [4.69, 9.17) is 16.1 Å². The van der Waals surface area contributed by atoms with Crippen molar-refractivity contribution in [1.82, 2.24) is 10.5 Å². The number of nitrogens with zero attached hydrogens (tertiary/aromatic N) is 1. The van der Waals surface area contributed by atoms with Gasteiger partial charge in [-0.25, -0.2) is 0 Å². The summed E-state index contributed by atoms with van der Waals surface area (Å²) in [6.07, 6.45) is 1.77. The van der Waals surface area contributed by atoms with Gasteiger partial charge in [0.1, 0.15) is 0 Å². The minimum absolute atomic E-state index is 0.0448. The fourth-order valence-corrected chi connectivity index (χ4v) is 2.66. The molecule has 0 saturated heterocycles. The fraction of sp³-hybridized carbons (Fsp3) is 0.200. The molecule has 0 aliphatic rings. The molecule has 1 atom stereocenters. The van der Waals surface area contributed by atoms with Gasteiger partial charge >= 0.3 is 0 Å². The number of nitrogens with one attached hydrogen (secondary N) is 1. The summed E-state index contributed by atoms with van der Waals surface area (Å²) in [4.78, 5) is 12.3. The maximum atomic E-state index is 12.3. The molecule has 1 unspecified atom stereocenters. The molecule has 2 aromatic carbocycles. The van der Waals surface area contributed by atoms with Crippen LogP contribution in [0.1, 0.15) is 29.4 Å². The minimum Gasteiger partial charge on any atom is -0.355 e. The molecule has 5 heteroatoms. The van der Waals surface area contributed by atoms with E-state index >= 15 is 0 Å². The number of halogens is 1. The lowest BCUT2D eigenvalue weighted by Crippen LogP contribution is -2.33. The van der Waals surface area contributed by atoms with Crippen LogP contribution in [0.4, 0.5) is 0 Å². The van der Waals surface area contributed by atoms with Gasteiger partial charge in [0.15, 0.2) is 11.5 Å². The third-order valence-electron chi connectivity index (χ3n) is 3.96. The lowest BCUT2D eigenvalue weighted by molar-refractivity contribution is 0.0929. The summed E-state index contributed by atoms with van der Waals surface area (Å²) in [5.74, 6) is 0.309. The molecule has 25 heavy (non-hydrogen) atoms. The van der Waals surface area contributed by atoms with Crippen molar-refractivity contribution >= 4 is 17.5 Å². The quantitative estimate of drug-likeness (QED) is 0.695. The van der Waals surface area contributed by atoms with Crippen molar-refractivity contribution in [3.05, 3.63) is 76.9 Å². The van der Waals surface area contributed by atoms with Gasteiger partial charge in [0.25, 0.3) is 5.91 Å². The second kappa shape index (κ2) is 7.99. The highest BCUT2D eigenvalue weighted by Crippen LogP contribution is 2.22. The van der Waals surface area contributed by atoms with E-state index in [1.54, 1.807) is 18.2 Å². The lowest BCUT2D eigenvalue weighted by Gasteiger charge is -2.12. The molecule has 1 heterocycles. The second-order valence-corrected chi connectivity index (χ2v) is 6.42. The number of aromatic nitrogens is 1. The monoisotopic (exact) mass is 354 g/mol. The van der Waals surface area contributed by atoms with Crippen molar-refractivity contribution in [2.75, 3.05) is 0 Å². The van der Waals surface area contributed by atoms with E-state index in [9.17, 15) is 4.79 Å². The molecule has 0 spiro atoms. The number of rotatable bonds is 6. The van der Waals surface area contributed by atoms with E-state index in [-0.39, 0.29) is 17.6 Å². The van der Waals surface area contributed by atoms with Crippen molar-refractivity contribution in [2.24, 2.45) is 0 Å². The van der Waals surface area contributed by atoms with Crippen molar-refractivity contribution in [2.45, 2.75) is 25.8 Å². The first-order chi connectivity index (χ1) is 12.1. The number of hydrogen-bond donors (Lipinski definition) is 1. The average Bonchev–Trinajstić information content (AvgIpc) is 3.12. The topological polar surface area (TPSA) is 55.1 Å². The predicted octanol–water partition coefficient (Wildman–Crippen LogP) is 4.75. The molecular formula is C20H19ClN2O2. The molecular weight excluding hydrogens is 336 g/mol. The number of amides is 1. The molecule has 1 N–H and O–H groups in total. The van der Waals surface area contributed by atoms with Gasteiger partial charge in [0, 0.05) is 22.7 Å². The van der Waals surface area contributed by atoms with Gasteiger partial charge in [-0.3, -0.25) is 4.79 Å². The molecule has 0 saturated carbocycles. The Labute approximate surface area is 151 Å². The van der Waals surface area contributed by atoms with Crippen LogP contribution in [0.5, 0.6) is 0 Å². The van der Waals surface area contributed by atoms with Gasteiger partial charge in [-0.1, -0.05) is 47.1 Å². The van der Waals surface area contributed by atoms with Crippen LogP contribution in [-0.2, 0) is 6.42 Å². The standard InChI is InChI=1S/C20H19ClN2O2/c1-14(7-8-15-5-3-2-4-6-15)22-20(24)18-13-19(25-23-18)16-9-11-17(21)12-10-16/h2-6,9-14H,7-8H2,1H3,(H,22,24). The highest BCUT2D eigenvalue weighted by molar-refractivity contribution is 6.30. The molecule has 0 aliphatic heterocycles. The highest BCUT2D eigenvalue weighted by atomic mass is 35.5. The predicted molar refractivity (Wildman–Crippen MR) is 98.6 cm³/mol. The van der Waals surface area contributed by atoms with Crippen LogP contribution in [0.25, 0.3) is 11.3 Å². The smallest absolute Gasteiger partial charge is 0.273 e. The van der Waals surface area contributed by atoms with Gasteiger partial charge < -0.3 is 9.84 Å². The zero-order valence-electron chi connectivity index (χ0n) is 13.9. The highest BCUT2D eigenvalue weighted by Gasteiger charge is 2.15. The van der Waals surface area contributed by atoms with Crippen molar-refractivity contribution in [1.29, 1.82) is 0 Å². The van der Waals surface area contributed by atoms with Crippen LogP contribution in [-0.4, -0.2) is 17.1 Å². The first kappa shape index (κ1) is 17.2. The van der Waals surface area contributed by atoms with E-state index in [0.29, 0.717) is 10.8 Å². The van der Waals surface area contributed by atoms with Crippen molar-refractivity contribution < 1.29 is 9.32 Å². The molecule has 0 fully saturated rings. The summed E-state index contributed by atoms with van der Waals surface area (Å²) in [7, 11) is 0. The number of benzene rings is 2. The van der Waals surface area contributed by atoms with Crippen LogP contribution in [0.15, 0.2) is 65.2 Å². The molecule has 4 nitrogen and oxygen atoms in total. The molecule has 0 radical (unpaired) electrons. The maximum Gasteiger partial charge on any atom is 0.273 e. The molecule has 3 rings (SSSR count). The Balaban J connectivity index is 1.57. The van der Waals surface area contributed by atoms with Crippen molar-refractivity contribution in [3.63, 3.8) is 0 Å². The van der Waals surface area contributed by atoms with Crippen LogP contribution < -0.4 is 5.32 Å². The number of hydrogen-bond acceptors (Lipinski definition) is 3. The van der Waals surface area contributed by atoms with Crippen molar-refractivity contribution in [3.8, 4) is 11.3 Å². The third kappa shape index (κ3) is 4.70. The minimum atomic E-state index is -0.232. The van der Waals surface area contributed by atoms with Crippen LogP contribution in [0.2, 0.25) is 5.02 Å². The third-order valence-corrected chi connectivity index (χ3v) is 4.21. The van der Waals surface area contributed by atoms with Gasteiger partial charge in [-0.05, 0) is 49.6 Å². The summed E-state index contributed by atoms with van der Waals surface area (Å²) in [5.41, 5.74) is 2.36. The molecule has 128 valence electrons. The van der Waals surface area contributed by atoms with Gasteiger partial charge in [-0.2, -0.15) is 0 Å². The number of carbonyl (C=O) groups is 1. The SMILES string of the molecule is CC(CCc1ccccc1)NC(=O)c1cc(-c2ccc(Cl)cc2)on1.